The van der Waals surface area contributed by atoms with E-state index in [9.17, 15) is 5.11 Å². The minimum Gasteiger partial charge on any atom is -0.497 e. The second-order valence-electron chi connectivity index (χ2n) is 5.64. The lowest BCUT2D eigenvalue weighted by atomic mass is 9.93. The fourth-order valence-electron chi connectivity index (χ4n) is 3.03. The Kier molecular flexibility index (Phi) is 4.55. The number of hydrogen-bond donors (Lipinski definition) is 1. The van der Waals surface area contributed by atoms with Crippen LogP contribution in [0.3, 0.4) is 0 Å². The quantitative estimate of drug-likeness (QED) is 0.927. The van der Waals surface area contributed by atoms with Gasteiger partial charge in [0.25, 0.3) is 0 Å². The van der Waals surface area contributed by atoms with Crippen LogP contribution >= 0.6 is 11.6 Å². The maximum atomic E-state index is 10.1. The third-order valence-corrected chi connectivity index (χ3v) is 4.49. The summed E-state index contributed by atoms with van der Waals surface area (Å²) in [5.41, 5.74) is 2.33. The van der Waals surface area contributed by atoms with Crippen LogP contribution in [-0.2, 0) is 0 Å². The Morgan fingerprint density at radius 1 is 1.09 bits per heavy atom. The first-order valence-electron chi connectivity index (χ1n) is 7.51. The molecule has 2 aromatic rings. The number of aliphatic hydroxyl groups is 1. The maximum Gasteiger partial charge on any atom is 0.119 e. The van der Waals surface area contributed by atoms with E-state index < -0.39 is 0 Å². The summed E-state index contributed by atoms with van der Waals surface area (Å²) in [5, 5.41) is 10.8. The van der Waals surface area contributed by atoms with E-state index in [2.05, 4.69) is 17.0 Å². The molecule has 0 aromatic heterocycles. The molecule has 0 saturated carbocycles. The van der Waals surface area contributed by atoms with E-state index >= 15 is 0 Å². The van der Waals surface area contributed by atoms with E-state index in [1.807, 2.05) is 36.4 Å². The lowest BCUT2D eigenvalue weighted by Crippen LogP contribution is -2.38. The summed E-state index contributed by atoms with van der Waals surface area (Å²) in [4.78, 5) is 2.34. The number of rotatable bonds is 3. The van der Waals surface area contributed by atoms with Crippen molar-refractivity contribution in [2.24, 2.45) is 0 Å². The highest BCUT2D eigenvalue weighted by molar-refractivity contribution is 6.30. The summed E-state index contributed by atoms with van der Waals surface area (Å²) in [5.74, 6) is 0.851. The molecule has 1 aliphatic rings. The van der Waals surface area contributed by atoms with Gasteiger partial charge >= 0.3 is 0 Å². The minimum atomic E-state index is -0.254. The molecule has 0 radical (unpaired) electrons. The lowest BCUT2D eigenvalue weighted by molar-refractivity contribution is 0.128. The summed E-state index contributed by atoms with van der Waals surface area (Å²) in [7, 11) is 1.67. The van der Waals surface area contributed by atoms with Gasteiger partial charge in [-0.05, 0) is 54.8 Å². The number of benzene rings is 2. The first kappa shape index (κ1) is 15.2. The number of nitrogens with zero attached hydrogens (tertiary/aromatic N) is 1. The first-order valence-corrected chi connectivity index (χ1v) is 7.89. The summed E-state index contributed by atoms with van der Waals surface area (Å²) in [6.45, 7) is 0.834. The normalized spacial score (nSPS) is 21.7. The molecule has 0 aliphatic carbocycles. The molecule has 0 spiro atoms. The molecule has 3 rings (SSSR count). The van der Waals surface area contributed by atoms with Crippen LogP contribution in [0.1, 0.15) is 24.4 Å². The predicted octanol–water partition coefficient (Wildman–Crippen LogP) is 4.05. The highest BCUT2D eigenvalue weighted by Crippen LogP contribution is 2.36. The van der Waals surface area contributed by atoms with Gasteiger partial charge in [-0.25, -0.2) is 0 Å². The van der Waals surface area contributed by atoms with Crippen LogP contribution < -0.4 is 9.64 Å². The summed E-state index contributed by atoms with van der Waals surface area (Å²) in [6.07, 6.45) is 1.26. The van der Waals surface area contributed by atoms with Gasteiger partial charge in [-0.1, -0.05) is 23.7 Å². The standard InChI is InChI=1S/C18H20ClNO2/c1-22-17-8-6-15(7-9-17)20-11-10-16(21)12-18(20)13-2-4-14(19)5-3-13/h2-9,16,18,21H,10-12H2,1H3. The second kappa shape index (κ2) is 6.59. The van der Waals surface area contributed by atoms with Gasteiger partial charge in [0, 0.05) is 17.3 Å². The molecule has 1 saturated heterocycles. The van der Waals surface area contributed by atoms with Gasteiger partial charge in [0.05, 0.1) is 19.3 Å². The van der Waals surface area contributed by atoms with Crippen molar-refractivity contribution in [1.82, 2.24) is 0 Å². The molecule has 4 heteroatoms. The van der Waals surface area contributed by atoms with Crippen molar-refractivity contribution in [2.45, 2.75) is 25.0 Å². The molecule has 2 unspecified atom stereocenters. The van der Waals surface area contributed by atoms with Crippen LogP contribution in [0.25, 0.3) is 0 Å². The molecular weight excluding hydrogens is 298 g/mol. The summed E-state index contributed by atoms with van der Waals surface area (Å²) < 4.78 is 5.23. The van der Waals surface area contributed by atoms with Gasteiger partial charge in [0.15, 0.2) is 0 Å². The van der Waals surface area contributed by atoms with Crippen molar-refractivity contribution in [3.05, 3.63) is 59.1 Å². The second-order valence-corrected chi connectivity index (χ2v) is 6.07. The van der Waals surface area contributed by atoms with Crippen molar-refractivity contribution >= 4 is 17.3 Å². The Hall–Kier alpha value is -1.71. The Bertz CT molecular complexity index is 612. The number of methoxy groups -OCH3 is 1. The minimum absolute atomic E-state index is 0.161. The molecule has 2 atom stereocenters. The molecule has 3 nitrogen and oxygen atoms in total. The highest BCUT2D eigenvalue weighted by atomic mass is 35.5. The Labute approximate surface area is 136 Å². The average Bonchev–Trinajstić information content (AvgIpc) is 2.56. The van der Waals surface area contributed by atoms with E-state index in [0.29, 0.717) is 0 Å². The van der Waals surface area contributed by atoms with Crippen LogP contribution in [0.5, 0.6) is 5.75 Å². The Morgan fingerprint density at radius 2 is 1.77 bits per heavy atom. The summed E-state index contributed by atoms with van der Waals surface area (Å²) in [6, 6.07) is 16.1. The highest BCUT2D eigenvalue weighted by Gasteiger charge is 2.28. The van der Waals surface area contributed by atoms with Gasteiger partial charge in [-0.15, -0.1) is 0 Å². The zero-order chi connectivity index (χ0) is 15.5. The third-order valence-electron chi connectivity index (χ3n) is 4.23. The van der Waals surface area contributed by atoms with E-state index in [1.54, 1.807) is 7.11 Å². The molecule has 1 heterocycles. The van der Waals surface area contributed by atoms with Crippen molar-refractivity contribution < 1.29 is 9.84 Å². The molecular formula is C18H20ClNO2. The number of aliphatic hydroxyl groups excluding tert-OH is 1. The number of hydrogen-bond acceptors (Lipinski definition) is 3. The van der Waals surface area contributed by atoms with Gasteiger partial charge in [-0.2, -0.15) is 0 Å². The zero-order valence-electron chi connectivity index (χ0n) is 12.6. The average molecular weight is 318 g/mol. The first-order chi connectivity index (χ1) is 10.7. The third kappa shape index (κ3) is 3.21. The van der Waals surface area contributed by atoms with Gasteiger partial charge < -0.3 is 14.7 Å². The Balaban J connectivity index is 1.90. The van der Waals surface area contributed by atoms with Crippen molar-refractivity contribution in [1.29, 1.82) is 0 Å². The predicted molar refractivity (Wildman–Crippen MR) is 89.8 cm³/mol. The van der Waals surface area contributed by atoms with Crippen LogP contribution in [0.2, 0.25) is 5.02 Å². The smallest absolute Gasteiger partial charge is 0.119 e. The SMILES string of the molecule is COc1ccc(N2CCC(O)CC2c2ccc(Cl)cc2)cc1. The van der Waals surface area contributed by atoms with Gasteiger partial charge in [-0.3, -0.25) is 0 Å². The van der Waals surface area contributed by atoms with E-state index in [-0.39, 0.29) is 12.1 Å². The molecule has 2 aromatic carbocycles. The van der Waals surface area contributed by atoms with Crippen molar-refractivity contribution in [3.8, 4) is 5.75 Å². The largest absolute Gasteiger partial charge is 0.497 e. The monoisotopic (exact) mass is 317 g/mol. The lowest BCUT2D eigenvalue weighted by Gasteiger charge is -2.40. The van der Waals surface area contributed by atoms with Gasteiger partial charge in [0.2, 0.25) is 0 Å². The van der Waals surface area contributed by atoms with E-state index in [0.717, 1.165) is 35.8 Å². The zero-order valence-corrected chi connectivity index (χ0v) is 13.3. The number of piperidine rings is 1. The van der Waals surface area contributed by atoms with Crippen LogP contribution in [0, 0.1) is 0 Å². The molecule has 1 fully saturated rings. The molecule has 22 heavy (non-hydrogen) atoms. The van der Waals surface area contributed by atoms with E-state index in [1.165, 1.54) is 5.56 Å². The number of halogens is 1. The van der Waals surface area contributed by atoms with Crippen molar-refractivity contribution in [3.63, 3.8) is 0 Å². The number of ether oxygens (including phenoxy) is 1. The van der Waals surface area contributed by atoms with Crippen LogP contribution in [0.15, 0.2) is 48.5 Å². The van der Waals surface area contributed by atoms with Crippen molar-refractivity contribution in [2.75, 3.05) is 18.6 Å². The fourth-order valence-corrected chi connectivity index (χ4v) is 3.16. The van der Waals surface area contributed by atoms with Crippen LogP contribution in [-0.4, -0.2) is 24.9 Å². The Morgan fingerprint density at radius 3 is 2.41 bits per heavy atom. The van der Waals surface area contributed by atoms with E-state index in [4.69, 9.17) is 16.3 Å². The van der Waals surface area contributed by atoms with Gasteiger partial charge in [0.1, 0.15) is 5.75 Å². The fraction of sp³-hybridized carbons (Fsp3) is 0.333. The molecule has 0 amide bonds. The maximum absolute atomic E-state index is 10.1. The number of anilines is 1. The molecule has 0 bridgehead atoms. The molecule has 116 valence electrons. The summed E-state index contributed by atoms with van der Waals surface area (Å²) >= 11 is 5.99. The molecule has 1 N–H and O–H groups in total. The van der Waals surface area contributed by atoms with Crippen LogP contribution in [0.4, 0.5) is 5.69 Å². The topological polar surface area (TPSA) is 32.7 Å². The molecule has 1 aliphatic heterocycles.